The van der Waals surface area contributed by atoms with Crippen LogP contribution in [0.4, 0.5) is 4.39 Å². The zero-order valence-electron chi connectivity index (χ0n) is 8.03. The maximum atomic E-state index is 12.5. The molecular weight excluding hydrogens is 199 g/mol. The number of halogens is 1. The van der Waals surface area contributed by atoms with Crippen LogP contribution in [0.5, 0.6) is 0 Å². The first-order chi connectivity index (χ1) is 7.11. The summed E-state index contributed by atoms with van der Waals surface area (Å²) in [4.78, 5) is 21.8. The summed E-state index contributed by atoms with van der Waals surface area (Å²) in [6.45, 7) is 3.28. The third-order valence-corrected chi connectivity index (χ3v) is 1.69. The lowest BCUT2D eigenvalue weighted by Crippen LogP contribution is -2.13. The summed E-state index contributed by atoms with van der Waals surface area (Å²) in [5.41, 5.74) is 0.596. The normalized spacial score (nSPS) is 9.73. The van der Waals surface area contributed by atoms with Gasteiger partial charge in [-0.25, -0.2) is 4.39 Å². The molecule has 0 aliphatic heterocycles. The zero-order valence-corrected chi connectivity index (χ0v) is 8.03. The van der Waals surface area contributed by atoms with Crippen LogP contribution in [0, 0.1) is 12.7 Å². The van der Waals surface area contributed by atoms with Gasteiger partial charge in [-0.2, -0.15) is 0 Å². The third kappa shape index (κ3) is 3.89. The summed E-state index contributed by atoms with van der Waals surface area (Å²) in [7, 11) is 0. The van der Waals surface area contributed by atoms with Gasteiger partial charge in [0.15, 0.2) is 0 Å². The molecule has 0 spiro atoms. The lowest BCUT2D eigenvalue weighted by atomic mass is 10.1. The Labute approximate surface area is 86.9 Å². The lowest BCUT2D eigenvalue weighted by Gasteiger charge is -2.01. The van der Waals surface area contributed by atoms with Crippen molar-refractivity contribution in [2.75, 3.05) is 0 Å². The highest BCUT2D eigenvalue weighted by Gasteiger charge is 2.09. The Hall–Kier alpha value is -1.71. The fourth-order valence-corrected chi connectivity index (χ4v) is 0.983. The molecule has 0 aromatic heterocycles. The van der Waals surface area contributed by atoms with Crippen LogP contribution in [0.25, 0.3) is 0 Å². The molecule has 0 heterocycles. The summed E-state index contributed by atoms with van der Waals surface area (Å²) in [5.74, 6) is -1.70. The van der Waals surface area contributed by atoms with E-state index in [1.807, 2.05) is 0 Å². The number of esters is 2. The van der Waals surface area contributed by atoms with Gasteiger partial charge in [0.25, 0.3) is 0 Å². The van der Waals surface area contributed by atoms with E-state index in [1.54, 1.807) is 0 Å². The average Bonchev–Trinajstić information content (AvgIpc) is 2.21. The number of rotatable bonds is 3. The largest absolute Gasteiger partial charge is 0.393 e. The van der Waals surface area contributed by atoms with E-state index < -0.39 is 11.9 Å². The van der Waals surface area contributed by atoms with E-state index in [0.29, 0.717) is 5.56 Å². The summed E-state index contributed by atoms with van der Waals surface area (Å²) in [5, 5.41) is 0. The van der Waals surface area contributed by atoms with Crippen molar-refractivity contribution in [1.82, 2.24) is 0 Å². The molecule has 79 valence electrons. The number of hydrogen-bond donors (Lipinski definition) is 0. The highest BCUT2D eigenvalue weighted by molar-refractivity contribution is 5.86. The van der Waals surface area contributed by atoms with Crippen molar-refractivity contribution in [2.24, 2.45) is 0 Å². The molecule has 0 amide bonds. The Morgan fingerprint density at radius 3 is 2.33 bits per heavy atom. The van der Waals surface area contributed by atoms with E-state index in [-0.39, 0.29) is 18.7 Å². The van der Waals surface area contributed by atoms with E-state index in [9.17, 15) is 14.0 Å². The topological polar surface area (TPSA) is 43.4 Å². The van der Waals surface area contributed by atoms with Crippen molar-refractivity contribution in [3.05, 3.63) is 42.6 Å². The molecule has 0 saturated heterocycles. The summed E-state index contributed by atoms with van der Waals surface area (Å²) in [6.07, 6.45) is -0.138. The Balaban J connectivity index is 2.51. The van der Waals surface area contributed by atoms with Gasteiger partial charge in [0.1, 0.15) is 5.82 Å². The van der Waals surface area contributed by atoms with Crippen molar-refractivity contribution in [2.45, 2.75) is 12.8 Å². The Bertz CT molecular complexity index is 357. The first-order valence-corrected chi connectivity index (χ1v) is 4.39. The van der Waals surface area contributed by atoms with Gasteiger partial charge in [0.2, 0.25) is 0 Å². The number of carbonyl (C=O) groups excluding carboxylic acids is 2. The van der Waals surface area contributed by atoms with E-state index in [1.165, 1.54) is 24.3 Å². The molecule has 15 heavy (non-hydrogen) atoms. The number of carbonyl (C=O) groups is 2. The quantitative estimate of drug-likeness (QED) is 0.561. The van der Waals surface area contributed by atoms with Crippen molar-refractivity contribution >= 4 is 11.9 Å². The van der Waals surface area contributed by atoms with Crippen molar-refractivity contribution in [3.63, 3.8) is 0 Å². The van der Waals surface area contributed by atoms with E-state index >= 15 is 0 Å². The van der Waals surface area contributed by atoms with Crippen LogP contribution < -0.4 is 0 Å². The third-order valence-electron chi connectivity index (χ3n) is 1.69. The second-order valence-corrected chi connectivity index (χ2v) is 2.90. The highest BCUT2D eigenvalue weighted by atomic mass is 19.1. The molecule has 1 aromatic carbocycles. The van der Waals surface area contributed by atoms with Crippen molar-refractivity contribution in [3.8, 4) is 0 Å². The molecule has 0 aliphatic rings. The molecule has 0 saturated carbocycles. The van der Waals surface area contributed by atoms with Gasteiger partial charge in [0.05, 0.1) is 6.42 Å². The molecular formula is C11H10FO3. The molecule has 0 N–H and O–H groups in total. The minimum absolute atomic E-state index is 0.0496. The highest BCUT2D eigenvalue weighted by Crippen LogP contribution is 2.04. The number of hydrogen-bond acceptors (Lipinski definition) is 3. The monoisotopic (exact) mass is 209 g/mol. The molecule has 3 nitrogen and oxygen atoms in total. The van der Waals surface area contributed by atoms with Crippen LogP contribution in [0.2, 0.25) is 0 Å². The first-order valence-electron chi connectivity index (χ1n) is 4.39. The molecule has 0 aliphatic carbocycles. The van der Waals surface area contributed by atoms with Crippen molar-refractivity contribution in [1.29, 1.82) is 0 Å². The molecule has 1 rings (SSSR count). The summed E-state index contributed by atoms with van der Waals surface area (Å²) >= 11 is 0. The van der Waals surface area contributed by atoms with Crippen LogP contribution in [0.15, 0.2) is 24.3 Å². The average molecular weight is 209 g/mol. The van der Waals surface area contributed by atoms with Gasteiger partial charge in [-0.3, -0.25) is 9.59 Å². The first kappa shape index (κ1) is 11.4. The van der Waals surface area contributed by atoms with E-state index in [0.717, 1.165) is 0 Å². The van der Waals surface area contributed by atoms with E-state index in [2.05, 4.69) is 11.7 Å². The molecule has 0 atom stereocenters. The molecule has 1 aromatic rings. The van der Waals surface area contributed by atoms with Gasteiger partial charge in [-0.05, 0) is 24.6 Å². The SMILES string of the molecule is [CH2]CC(=O)OC(=O)Cc1ccc(F)cc1. The zero-order chi connectivity index (χ0) is 11.3. The fourth-order valence-electron chi connectivity index (χ4n) is 0.983. The summed E-state index contributed by atoms with van der Waals surface area (Å²) in [6, 6.07) is 5.41. The minimum atomic E-state index is -0.665. The Morgan fingerprint density at radius 2 is 1.80 bits per heavy atom. The molecule has 1 radical (unpaired) electrons. The van der Waals surface area contributed by atoms with Crippen LogP contribution >= 0.6 is 0 Å². The Morgan fingerprint density at radius 1 is 1.20 bits per heavy atom. The maximum Gasteiger partial charge on any atom is 0.317 e. The smallest absolute Gasteiger partial charge is 0.317 e. The summed E-state index contributed by atoms with van der Waals surface area (Å²) < 4.78 is 16.9. The molecule has 0 fully saturated rings. The molecule has 0 unspecified atom stereocenters. The number of ether oxygens (including phenoxy) is 1. The van der Waals surface area contributed by atoms with Crippen molar-refractivity contribution < 1.29 is 18.7 Å². The van der Waals surface area contributed by atoms with Crippen LogP contribution in [-0.4, -0.2) is 11.9 Å². The van der Waals surface area contributed by atoms with E-state index in [4.69, 9.17) is 0 Å². The van der Waals surface area contributed by atoms with Gasteiger partial charge < -0.3 is 4.74 Å². The molecule has 4 heteroatoms. The fraction of sp³-hybridized carbons (Fsp3) is 0.182. The van der Waals surface area contributed by atoms with Crippen LogP contribution in [0.3, 0.4) is 0 Å². The van der Waals surface area contributed by atoms with Gasteiger partial charge >= 0.3 is 11.9 Å². The van der Waals surface area contributed by atoms with Crippen LogP contribution in [-0.2, 0) is 20.7 Å². The van der Waals surface area contributed by atoms with Gasteiger partial charge in [-0.1, -0.05) is 12.1 Å². The number of benzene rings is 1. The second kappa shape index (κ2) is 5.24. The minimum Gasteiger partial charge on any atom is -0.393 e. The molecule has 0 bridgehead atoms. The van der Waals surface area contributed by atoms with Crippen LogP contribution in [0.1, 0.15) is 12.0 Å². The predicted octanol–water partition coefficient (Wildman–Crippen LogP) is 1.66. The second-order valence-electron chi connectivity index (χ2n) is 2.90. The standard InChI is InChI=1S/C11H10FO3/c1-2-10(13)15-11(14)7-8-3-5-9(12)6-4-8/h3-6H,1-2,7H2. The lowest BCUT2D eigenvalue weighted by molar-refractivity contribution is -0.158. The maximum absolute atomic E-state index is 12.5. The van der Waals surface area contributed by atoms with Gasteiger partial charge in [-0.15, -0.1) is 0 Å². The predicted molar refractivity (Wildman–Crippen MR) is 51.2 cm³/mol. The van der Waals surface area contributed by atoms with Gasteiger partial charge in [0, 0.05) is 6.42 Å². The Kier molecular flexibility index (Phi) is 3.97.